The van der Waals surface area contributed by atoms with Crippen molar-refractivity contribution in [2.45, 2.75) is 6.04 Å². The number of aromatic amines is 1. The number of rotatable bonds is 2. The number of hydrogen-bond acceptors (Lipinski definition) is 3. The molecule has 72 valence electrons. The number of hydrogen-bond donors (Lipinski definition) is 3. The molecular formula is C9H10N4O. The number of H-pyrrole nitrogens is 1. The van der Waals surface area contributed by atoms with Crippen LogP contribution in [0.3, 0.4) is 0 Å². The highest BCUT2D eigenvalue weighted by Crippen LogP contribution is 2.15. The summed E-state index contributed by atoms with van der Waals surface area (Å²) in [5.74, 6) is -0.538. The smallest absolute Gasteiger partial charge is 0.238 e. The summed E-state index contributed by atoms with van der Waals surface area (Å²) in [5.41, 5.74) is 13.1. The molecular weight excluding hydrogens is 180 g/mol. The van der Waals surface area contributed by atoms with Crippen molar-refractivity contribution in [3.8, 4) is 0 Å². The second kappa shape index (κ2) is 3.12. The van der Waals surface area contributed by atoms with Crippen molar-refractivity contribution in [2.75, 3.05) is 0 Å². The van der Waals surface area contributed by atoms with Crippen molar-refractivity contribution in [3.63, 3.8) is 0 Å². The van der Waals surface area contributed by atoms with E-state index < -0.39 is 11.9 Å². The van der Waals surface area contributed by atoms with Gasteiger partial charge in [0.2, 0.25) is 5.91 Å². The molecule has 2 rings (SSSR count). The lowest BCUT2D eigenvalue weighted by atomic mass is 10.1. The Kier molecular flexibility index (Phi) is 1.94. The van der Waals surface area contributed by atoms with E-state index in [1.54, 1.807) is 24.5 Å². The zero-order valence-corrected chi connectivity index (χ0v) is 7.40. The summed E-state index contributed by atoms with van der Waals surface area (Å²) in [5, 5.41) is 0. The number of nitrogens with one attached hydrogen (secondary N) is 1. The van der Waals surface area contributed by atoms with Crippen LogP contribution in [-0.2, 0) is 4.79 Å². The van der Waals surface area contributed by atoms with E-state index in [1.165, 1.54) is 0 Å². The molecule has 1 atom stereocenters. The van der Waals surface area contributed by atoms with Gasteiger partial charge in [-0.05, 0) is 17.7 Å². The number of carbonyl (C=O) groups excluding carboxylic acids is 1. The molecule has 5 heteroatoms. The Labute approximate surface area is 80.1 Å². The number of amides is 1. The second-order valence-corrected chi connectivity index (χ2v) is 3.06. The van der Waals surface area contributed by atoms with E-state index in [0.717, 1.165) is 11.0 Å². The minimum Gasteiger partial charge on any atom is -0.368 e. The minimum atomic E-state index is -0.761. The molecule has 5 N–H and O–H groups in total. The number of benzene rings is 1. The summed E-state index contributed by atoms with van der Waals surface area (Å²) < 4.78 is 0. The van der Waals surface area contributed by atoms with Gasteiger partial charge in [-0.2, -0.15) is 0 Å². The fourth-order valence-electron chi connectivity index (χ4n) is 1.31. The zero-order chi connectivity index (χ0) is 10.1. The third-order valence-electron chi connectivity index (χ3n) is 2.11. The molecule has 1 amide bonds. The monoisotopic (exact) mass is 190 g/mol. The van der Waals surface area contributed by atoms with Crippen molar-refractivity contribution in [3.05, 3.63) is 30.1 Å². The SMILES string of the molecule is NC(=O)C(N)c1ccc2nc[nH]c2c1. The first-order valence-corrected chi connectivity index (χ1v) is 4.16. The van der Waals surface area contributed by atoms with Gasteiger partial charge in [-0.15, -0.1) is 0 Å². The Balaban J connectivity index is 2.48. The highest BCUT2D eigenvalue weighted by molar-refractivity contribution is 5.83. The summed E-state index contributed by atoms with van der Waals surface area (Å²) in [4.78, 5) is 17.8. The molecule has 1 heterocycles. The Bertz CT molecular complexity index is 476. The summed E-state index contributed by atoms with van der Waals surface area (Å²) in [6.45, 7) is 0. The van der Waals surface area contributed by atoms with Crippen LogP contribution in [0.25, 0.3) is 11.0 Å². The van der Waals surface area contributed by atoms with Gasteiger partial charge >= 0.3 is 0 Å². The molecule has 0 aliphatic rings. The molecule has 0 saturated heterocycles. The van der Waals surface area contributed by atoms with Gasteiger partial charge in [0, 0.05) is 0 Å². The van der Waals surface area contributed by atoms with E-state index in [9.17, 15) is 4.79 Å². The Morgan fingerprint density at radius 3 is 3.00 bits per heavy atom. The Morgan fingerprint density at radius 1 is 1.50 bits per heavy atom. The van der Waals surface area contributed by atoms with Crippen LogP contribution < -0.4 is 11.5 Å². The lowest BCUT2D eigenvalue weighted by Crippen LogP contribution is -2.28. The maximum Gasteiger partial charge on any atom is 0.238 e. The number of imidazole rings is 1. The number of primary amides is 1. The normalized spacial score (nSPS) is 12.9. The van der Waals surface area contributed by atoms with Crippen LogP contribution in [0.15, 0.2) is 24.5 Å². The quantitative estimate of drug-likeness (QED) is 0.624. The molecule has 1 aromatic carbocycles. The predicted octanol–water partition coefficient (Wildman–Crippen LogP) is 0.0480. The average Bonchev–Trinajstić information content (AvgIpc) is 2.62. The van der Waals surface area contributed by atoms with E-state index in [2.05, 4.69) is 9.97 Å². The van der Waals surface area contributed by atoms with Gasteiger partial charge in [-0.1, -0.05) is 6.07 Å². The van der Waals surface area contributed by atoms with Crippen LogP contribution in [0.2, 0.25) is 0 Å². The highest BCUT2D eigenvalue weighted by atomic mass is 16.1. The van der Waals surface area contributed by atoms with Crippen LogP contribution in [0, 0.1) is 0 Å². The maximum atomic E-state index is 10.8. The fraction of sp³-hybridized carbons (Fsp3) is 0.111. The number of carbonyl (C=O) groups is 1. The lowest BCUT2D eigenvalue weighted by Gasteiger charge is -2.06. The first kappa shape index (κ1) is 8.71. The van der Waals surface area contributed by atoms with Gasteiger partial charge in [0.25, 0.3) is 0 Å². The molecule has 0 aliphatic heterocycles. The predicted molar refractivity (Wildman–Crippen MR) is 52.2 cm³/mol. The van der Waals surface area contributed by atoms with Crippen LogP contribution in [0.4, 0.5) is 0 Å². The molecule has 0 spiro atoms. The molecule has 1 unspecified atom stereocenters. The third kappa shape index (κ3) is 1.33. The summed E-state index contributed by atoms with van der Waals surface area (Å²) >= 11 is 0. The lowest BCUT2D eigenvalue weighted by molar-refractivity contribution is -0.119. The van der Waals surface area contributed by atoms with E-state index >= 15 is 0 Å². The molecule has 5 nitrogen and oxygen atoms in total. The number of nitrogens with zero attached hydrogens (tertiary/aromatic N) is 1. The van der Waals surface area contributed by atoms with Crippen molar-refractivity contribution in [1.29, 1.82) is 0 Å². The number of fused-ring (bicyclic) bond motifs is 1. The summed E-state index contributed by atoms with van der Waals surface area (Å²) in [6.07, 6.45) is 1.59. The first-order chi connectivity index (χ1) is 6.68. The Morgan fingerprint density at radius 2 is 2.29 bits per heavy atom. The maximum absolute atomic E-state index is 10.8. The first-order valence-electron chi connectivity index (χ1n) is 4.16. The van der Waals surface area contributed by atoms with E-state index in [1.807, 2.05) is 0 Å². The van der Waals surface area contributed by atoms with Crippen LogP contribution in [0.1, 0.15) is 11.6 Å². The van der Waals surface area contributed by atoms with Gasteiger partial charge < -0.3 is 16.5 Å². The topological polar surface area (TPSA) is 97.8 Å². The standard InChI is InChI=1S/C9H10N4O/c10-8(9(11)14)5-1-2-6-7(3-5)13-4-12-6/h1-4,8H,10H2,(H2,11,14)(H,12,13). The molecule has 0 fully saturated rings. The molecule has 0 bridgehead atoms. The molecule has 2 aromatic rings. The van der Waals surface area contributed by atoms with Gasteiger partial charge in [-0.3, -0.25) is 4.79 Å². The summed E-state index contributed by atoms with van der Waals surface area (Å²) in [7, 11) is 0. The molecule has 1 aromatic heterocycles. The Hall–Kier alpha value is -1.88. The van der Waals surface area contributed by atoms with Crippen molar-refractivity contribution < 1.29 is 4.79 Å². The summed E-state index contributed by atoms with van der Waals surface area (Å²) in [6, 6.07) is 4.56. The van der Waals surface area contributed by atoms with Gasteiger partial charge in [0.15, 0.2) is 0 Å². The van der Waals surface area contributed by atoms with Crippen LogP contribution in [0.5, 0.6) is 0 Å². The van der Waals surface area contributed by atoms with E-state index in [0.29, 0.717) is 5.56 Å². The largest absolute Gasteiger partial charge is 0.368 e. The van der Waals surface area contributed by atoms with E-state index in [-0.39, 0.29) is 0 Å². The van der Waals surface area contributed by atoms with Crippen molar-refractivity contribution in [1.82, 2.24) is 9.97 Å². The highest BCUT2D eigenvalue weighted by Gasteiger charge is 2.12. The second-order valence-electron chi connectivity index (χ2n) is 3.06. The van der Waals surface area contributed by atoms with Crippen LogP contribution >= 0.6 is 0 Å². The van der Waals surface area contributed by atoms with Crippen molar-refractivity contribution in [2.24, 2.45) is 11.5 Å². The van der Waals surface area contributed by atoms with Crippen LogP contribution in [-0.4, -0.2) is 15.9 Å². The fourth-order valence-corrected chi connectivity index (χ4v) is 1.31. The van der Waals surface area contributed by atoms with Crippen molar-refractivity contribution >= 4 is 16.9 Å². The van der Waals surface area contributed by atoms with Gasteiger partial charge in [0.1, 0.15) is 6.04 Å². The third-order valence-corrected chi connectivity index (χ3v) is 2.11. The average molecular weight is 190 g/mol. The zero-order valence-electron chi connectivity index (χ0n) is 7.40. The van der Waals surface area contributed by atoms with Gasteiger partial charge in [0.05, 0.1) is 17.4 Å². The van der Waals surface area contributed by atoms with E-state index in [4.69, 9.17) is 11.5 Å². The number of aromatic nitrogens is 2. The molecule has 14 heavy (non-hydrogen) atoms. The molecule has 0 radical (unpaired) electrons. The number of nitrogens with two attached hydrogens (primary N) is 2. The van der Waals surface area contributed by atoms with Gasteiger partial charge in [-0.25, -0.2) is 4.98 Å². The molecule has 0 saturated carbocycles. The minimum absolute atomic E-state index is 0.538. The molecule has 0 aliphatic carbocycles.